The summed E-state index contributed by atoms with van der Waals surface area (Å²) in [5.74, 6) is 1.92. The molecule has 0 spiro atoms. The summed E-state index contributed by atoms with van der Waals surface area (Å²) < 4.78 is 12.5. The van der Waals surface area contributed by atoms with Gasteiger partial charge in [0.2, 0.25) is 0 Å². The van der Waals surface area contributed by atoms with Crippen molar-refractivity contribution in [3.63, 3.8) is 0 Å². The Labute approximate surface area is 276 Å². The molecule has 1 aliphatic heterocycles. The molecule has 45 heavy (non-hydrogen) atoms. The molecule has 4 bridgehead atoms. The molecule has 4 saturated carbocycles. The first kappa shape index (κ1) is 30.1. The summed E-state index contributed by atoms with van der Waals surface area (Å²) in [7, 11) is 0. The van der Waals surface area contributed by atoms with E-state index in [9.17, 15) is 14.4 Å². The third-order valence-electron chi connectivity index (χ3n) is 9.88. The van der Waals surface area contributed by atoms with Crippen molar-refractivity contribution in [2.75, 3.05) is 11.5 Å². The number of hydrogen-bond acceptors (Lipinski definition) is 5. The number of hydrogen-bond donors (Lipinski definition) is 1. The lowest BCUT2D eigenvalue weighted by atomic mass is 9.48. The average molecular weight is 690 g/mol. The molecule has 3 aromatic rings. The molecule has 232 valence electrons. The maximum absolute atomic E-state index is 13.7. The second kappa shape index (κ2) is 12.0. The van der Waals surface area contributed by atoms with Crippen molar-refractivity contribution in [3.05, 3.63) is 92.4 Å². The van der Waals surface area contributed by atoms with Gasteiger partial charge in [-0.1, -0.05) is 57.9 Å². The highest BCUT2D eigenvalue weighted by Crippen LogP contribution is 2.60. The Morgan fingerprint density at radius 1 is 0.933 bits per heavy atom. The number of rotatable bonds is 8. The summed E-state index contributed by atoms with van der Waals surface area (Å²) >= 11 is 9.85. The van der Waals surface area contributed by atoms with Crippen LogP contribution in [0, 0.1) is 17.8 Å². The maximum atomic E-state index is 13.7. The van der Waals surface area contributed by atoms with Crippen LogP contribution in [0.4, 0.5) is 10.5 Å². The lowest BCUT2D eigenvalue weighted by molar-refractivity contribution is -0.122. The lowest BCUT2D eigenvalue weighted by Gasteiger charge is -2.57. The van der Waals surface area contributed by atoms with E-state index in [0.29, 0.717) is 38.9 Å². The van der Waals surface area contributed by atoms with Crippen LogP contribution >= 0.6 is 27.5 Å². The molecule has 1 N–H and O–H groups in total. The molecule has 7 nitrogen and oxygen atoms in total. The Kier molecular flexibility index (Phi) is 7.98. The number of benzene rings is 3. The third-order valence-corrected chi connectivity index (χ3v) is 10.9. The zero-order valence-electron chi connectivity index (χ0n) is 25.0. The molecule has 0 unspecified atom stereocenters. The van der Waals surface area contributed by atoms with Gasteiger partial charge in [-0.25, -0.2) is 9.69 Å². The van der Waals surface area contributed by atoms with Crippen LogP contribution in [0.5, 0.6) is 11.5 Å². The van der Waals surface area contributed by atoms with Gasteiger partial charge in [0.15, 0.2) is 11.5 Å². The predicted molar refractivity (Wildman–Crippen MR) is 176 cm³/mol. The normalized spacial score (nSPS) is 26.4. The number of urea groups is 1. The summed E-state index contributed by atoms with van der Waals surface area (Å²) in [6, 6.07) is 17.9. The summed E-state index contributed by atoms with van der Waals surface area (Å²) in [6.45, 7) is 2.46. The van der Waals surface area contributed by atoms with Crippen LogP contribution < -0.4 is 19.7 Å². The van der Waals surface area contributed by atoms with Crippen LogP contribution in [-0.4, -0.2) is 24.5 Å². The van der Waals surface area contributed by atoms with Crippen molar-refractivity contribution in [1.82, 2.24) is 5.32 Å². The van der Waals surface area contributed by atoms with Gasteiger partial charge in [0.05, 0.1) is 12.3 Å². The highest BCUT2D eigenvalue weighted by Gasteiger charge is 2.51. The SMILES string of the molecule is CCOc1cc(/C=C2\C(=O)NC(=O)N(c3ccc(C45CC6CC(CC(C6)C4)C5)cc3)C2=O)c(Br)cc1OCc1ccccc1Cl. The van der Waals surface area contributed by atoms with Crippen molar-refractivity contribution in [3.8, 4) is 11.5 Å². The van der Waals surface area contributed by atoms with Crippen LogP contribution in [0.15, 0.2) is 70.7 Å². The average Bonchev–Trinajstić information content (AvgIpc) is 3.00. The molecule has 4 aliphatic carbocycles. The number of ether oxygens (including phenoxy) is 2. The first-order valence-electron chi connectivity index (χ1n) is 15.6. The van der Waals surface area contributed by atoms with Crippen molar-refractivity contribution in [2.45, 2.75) is 57.5 Å². The molecular formula is C36H34BrClN2O5. The lowest BCUT2D eigenvalue weighted by Crippen LogP contribution is -2.54. The second-order valence-electron chi connectivity index (χ2n) is 12.8. The number of anilines is 1. The summed E-state index contributed by atoms with van der Waals surface area (Å²) in [4.78, 5) is 40.7. The van der Waals surface area contributed by atoms with E-state index in [1.54, 1.807) is 18.2 Å². The zero-order chi connectivity index (χ0) is 31.3. The van der Waals surface area contributed by atoms with E-state index in [0.717, 1.165) is 28.2 Å². The Bertz CT molecular complexity index is 1680. The van der Waals surface area contributed by atoms with Crippen molar-refractivity contribution < 1.29 is 23.9 Å². The number of carbonyl (C=O) groups is 3. The number of nitrogens with one attached hydrogen (secondary N) is 1. The van der Waals surface area contributed by atoms with Gasteiger partial charge in [-0.2, -0.15) is 0 Å². The summed E-state index contributed by atoms with van der Waals surface area (Å²) in [6.07, 6.45) is 9.24. The van der Waals surface area contributed by atoms with E-state index < -0.39 is 17.8 Å². The van der Waals surface area contributed by atoms with E-state index in [1.165, 1.54) is 50.2 Å². The van der Waals surface area contributed by atoms with E-state index >= 15 is 0 Å². The van der Waals surface area contributed by atoms with Crippen LogP contribution in [0.2, 0.25) is 5.02 Å². The number of carbonyl (C=O) groups excluding carboxylic acids is 3. The molecular weight excluding hydrogens is 656 g/mol. The molecule has 0 aromatic heterocycles. The Hall–Kier alpha value is -3.62. The molecule has 5 fully saturated rings. The van der Waals surface area contributed by atoms with Gasteiger partial charge in [0, 0.05) is 15.1 Å². The molecule has 5 aliphatic rings. The first-order chi connectivity index (χ1) is 21.7. The maximum Gasteiger partial charge on any atom is 0.335 e. The fourth-order valence-electron chi connectivity index (χ4n) is 8.29. The number of imide groups is 2. The third kappa shape index (κ3) is 5.67. The van der Waals surface area contributed by atoms with Gasteiger partial charge >= 0.3 is 6.03 Å². The van der Waals surface area contributed by atoms with Gasteiger partial charge in [0.25, 0.3) is 11.8 Å². The largest absolute Gasteiger partial charge is 0.490 e. The van der Waals surface area contributed by atoms with Gasteiger partial charge in [0.1, 0.15) is 12.2 Å². The Morgan fingerprint density at radius 3 is 2.22 bits per heavy atom. The molecule has 4 amide bonds. The fraction of sp³-hybridized carbons (Fsp3) is 0.361. The molecule has 3 aromatic carbocycles. The van der Waals surface area contributed by atoms with Crippen molar-refractivity contribution >= 4 is 57.1 Å². The Morgan fingerprint density at radius 2 is 1.58 bits per heavy atom. The smallest absolute Gasteiger partial charge is 0.335 e. The predicted octanol–water partition coefficient (Wildman–Crippen LogP) is 8.21. The minimum Gasteiger partial charge on any atom is -0.490 e. The Balaban J connectivity index is 1.14. The van der Waals surface area contributed by atoms with Crippen LogP contribution in [0.3, 0.4) is 0 Å². The van der Waals surface area contributed by atoms with E-state index in [2.05, 4.69) is 33.4 Å². The highest BCUT2D eigenvalue weighted by molar-refractivity contribution is 9.10. The zero-order valence-corrected chi connectivity index (χ0v) is 27.3. The molecule has 8 rings (SSSR count). The second-order valence-corrected chi connectivity index (χ2v) is 14.1. The molecule has 1 heterocycles. The van der Waals surface area contributed by atoms with E-state index in [1.807, 2.05) is 37.3 Å². The van der Waals surface area contributed by atoms with Crippen LogP contribution in [0.25, 0.3) is 6.08 Å². The highest BCUT2D eigenvalue weighted by atomic mass is 79.9. The monoisotopic (exact) mass is 688 g/mol. The van der Waals surface area contributed by atoms with Gasteiger partial charge in [-0.3, -0.25) is 14.9 Å². The topological polar surface area (TPSA) is 84.9 Å². The first-order valence-corrected chi connectivity index (χ1v) is 16.7. The molecule has 0 atom stereocenters. The minimum absolute atomic E-state index is 0.160. The molecule has 9 heteroatoms. The fourth-order valence-corrected chi connectivity index (χ4v) is 8.92. The van der Waals surface area contributed by atoms with Crippen molar-refractivity contribution in [1.29, 1.82) is 0 Å². The molecule has 0 radical (unpaired) electrons. The number of nitrogens with zero attached hydrogens (tertiary/aromatic N) is 1. The van der Waals surface area contributed by atoms with Crippen molar-refractivity contribution in [2.24, 2.45) is 17.8 Å². The number of halogens is 2. The molecule has 1 saturated heterocycles. The van der Waals surface area contributed by atoms with E-state index in [-0.39, 0.29) is 17.6 Å². The van der Waals surface area contributed by atoms with E-state index in [4.69, 9.17) is 21.1 Å². The quantitative estimate of drug-likeness (QED) is 0.190. The van der Waals surface area contributed by atoms with Crippen LogP contribution in [0.1, 0.15) is 62.1 Å². The van der Waals surface area contributed by atoms with Crippen LogP contribution in [-0.2, 0) is 21.6 Å². The summed E-state index contributed by atoms with van der Waals surface area (Å²) in [5.41, 5.74) is 3.12. The number of barbiturate groups is 1. The van der Waals surface area contributed by atoms with Gasteiger partial charge < -0.3 is 9.47 Å². The summed E-state index contributed by atoms with van der Waals surface area (Å²) in [5, 5.41) is 2.94. The van der Waals surface area contributed by atoms with Gasteiger partial charge in [-0.15, -0.1) is 0 Å². The minimum atomic E-state index is -0.762. The standard InChI is InChI=1S/C36H34BrClN2O5/c1-2-44-31-15-25(29(37)16-32(31)45-20-24-5-3-4-6-30(24)38)14-28-33(41)39-35(43)40(34(28)42)27-9-7-26(8-10-27)36-17-21-11-22(18-36)13-23(12-21)19-36/h3-10,14-16,21-23H,2,11-13,17-20H2,1H3,(H,39,41,43)/b28-14+. The van der Waals surface area contributed by atoms with Gasteiger partial charge in [-0.05, 0) is 116 Å². The number of amides is 4.